The summed E-state index contributed by atoms with van der Waals surface area (Å²) in [7, 11) is 0. The number of para-hydroxylation sites is 2. The van der Waals surface area contributed by atoms with Gasteiger partial charge in [-0.25, -0.2) is 4.68 Å². The van der Waals surface area contributed by atoms with Crippen LogP contribution >= 0.6 is 0 Å². The molecule has 0 bridgehead atoms. The van der Waals surface area contributed by atoms with Gasteiger partial charge in [0.2, 0.25) is 0 Å². The molecular formula is C19H24N4O3. The number of carbonyl (C=O) groups is 1. The van der Waals surface area contributed by atoms with Crippen molar-refractivity contribution in [3.8, 4) is 11.5 Å². The summed E-state index contributed by atoms with van der Waals surface area (Å²) in [5.41, 5.74) is 0.377. The van der Waals surface area contributed by atoms with Crippen LogP contribution in [0.15, 0.2) is 30.5 Å². The van der Waals surface area contributed by atoms with Crippen LogP contribution in [0, 0.1) is 0 Å². The molecule has 26 heavy (non-hydrogen) atoms. The summed E-state index contributed by atoms with van der Waals surface area (Å²) in [4.78, 5) is 12.3. The van der Waals surface area contributed by atoms with Crippen molar-refractivity contribution in [2.45, 2.75) is 50.7 Å². The molecule has 7 nitrogen and oxygen atoms in total. The largest absolute Gasteiger partial charge is 0.486 e. The molecule has 138 valence electrons. The van der Waals surface area contributed by atoms with E-state index in [0.29, 0.717) is 31.3 Å². The lowest BCUT2D eigenvalue weighted by molar-refractivity contribution is 0.0811. The molecular weight excluding hydrogens is 332 g/mol. The second-order valence-corrected chi connectivity index (χ2v) is 6.92. The molecule has 1 aromatic carbocycles. The number of benzene rings is 1. The van der Waals surface area contributed by atoms with Gasteiger partial charge in [-0.2, -0.15) is 0 Å². The highest BCUT2D eigenvalue weighted by Crippen LogP contribution is 2.31. The van der Waals surface area contributed by atoms with Crippen molar-refractivity contribution < 1.29 is 14.3 Å². The number of hydrogen-bond donors (Lipinski definition) is 1. The van der Waals surface area contributed by atoms with Crippen molar-refractivity contribution in [3.05, 3.63) is 36.2 Å². The van der Waals surface area contributed by atoms with Crippen LogP contribution in [-0.2, 0) is 0 Å². The van der Waals surface area contributed by atoms with Gasteiger partial charge in [0.15, 0.2) is 17.2 Å². The Kier molecular flexibility index (Phi) is 5.04. The molecule has 1 amide bonds. The average molecular weight is 356 g/mol. The van der Waals surface area contributed by atoms with Gasteiger partial charge in [-0.15, -0.1) is 5.10 Å². The number of rotatable bonds is 5. The third-order valence-electron chi connectivity index (χ3n) is 5.01. The van der Waals surface area contributed by atoms with E-state index in [2.05, 4.69) is 15.6 Å². The van der Waals surface area contributed by atoms with Crippen molar-refractivity contribution >= 4 is 5.91 Å². The molecule has 4 rings (SSSR count). The Morgan fingerprint density at radius 3 is 2.85 bits per heavy atom. The minimum absolute atomic E-state index is 0.0666. The van der Waals surface area contributed by atoms with Crippen LogP contribution in [0.1, 0.15) is 55.1 Å². The van der Waals surface area contributed by atoms with E-state index in [1.54, 1.807) is 6.20 Å². The summed E-state index contributed by atoms with van der Waals surface area (Å²) in [5.74, 6) is 1.34. The topological polar surface area (TPSA) is 78.3 Å². The third-order valence-corrected chi connectivity index (χ3v) is 5.01. The van der Waals surface area contributed by atoms with Gasteiger partial charge in [-0.05, 0) is 25.0 Å². The summed E-state index contributed by atoms with van der Waals surface area (Å²) >= 11 is 0. The van der Waals surface area contributed by atoms with E-state index in [-0.39, 0.29) is 12.0 Å². The number of amides is 1. The maximum Gasteiger partial charge on any atom is 0.273 e. The third kappa shape index (κ3) is 3.81. The van der Waals surface area contributed by atoms with Crippen molar-refractivity contribution in [2.24, 2.45) is 0 Å². The van der Waals surface area contributed by atoms with Crippen molar-refractivity contribution in [1.29, 1.82) is 0 Å². The average Bonchev–Trinajstić information content (AvgIpc) is 3.19. The quantitative estimate of drug-likeness (QED) is 0.891. The van der Waals surface area contributed by atoms with Gasteiger partial charge in [-0.3, -0.25) is 4.79 Å². The van der Waals surface area contributed by atoms with Gasteiger partial charge in [0, 0.05) is 13.0 Å². The first-order valence-electron chi connectivity index (χ1n) is 9.38. The van der Waals surface area contributed by atoms with Gasteiger partial charge in [0.05, 0.1) is 12.2 Å². The molecule has 1 saturated carbocycles. The van der Waals surface area contributed by atoms with Crippen LogP contribution in [0.2, 0.25) is 0 Å². The minimum Gasteiger partial charge on any atom is -0.486 e. The van der Waals surface area contributed by atoms with Gasteiger partial charge in [0.1, 0.15) is 12.7 Å². The summed E-state index contributed by atoms with van der Waals surface area (Å²) in [6.45, 7) is 0.996. The Morgan fingerprint density at radius 1 is 1.19 bits per heavy atom. The zero-order valence-corrected chi connectivity index (χ0v) is 14.8. The number of carbonyl (C=O) groups excluding carboxylic acids is 1. The van der Waals surface area contributed by atoms with Crippen LogP contribution in [0.3, 0.4) is 0 Å². The van der Waals surface area contributed by atoms with E-state index in [4.69, 9.17) is 9.47 Å². The van der Waals surface area contributed by atoms with Crippen LogP contribution in [0.25, 0.3) is 0 Å². The molecule has 1 fully saturated rings. The normalized spacial score (nSPS) is 19.9. The molecule has 1 aromatic heterocycles. The summed E-state index contributed by atoms with van der Waals surface area (Å²) in [5, 5.41) is 11.1. The molecule has 1 N–H and O–H groups in total. The first kappa shape index (κ1) is 16.9. The number of aromatic nitrogens is 3. The van der Waals surface area contributed by atoms with Gasteiger partial charge >= 0.3 is 0 Å². The maximum absolute atomic E-state index is 12.3. The summed E-state index contributed by atoms with van der Waals surface area (Å²) < 4.78 is 13.4. The number of hydrogen-bond acceptors (Lipinski definition) is 5. The van der Waals surface area contributed by atoms with E-state index < -0.39 is 0 Å². The molecule has 1 aliphatic carbocycles. The minimum atomic E-state index is -0.191. The fourth-order valence-electron chi connectivity index (χ4n) is 3.55. The lowest BCUT2D eigenvalue weighted by atomic mass is 9.96. The number of ether oxygens (including phenoxy) is 2. The highest BCUT2D eigenvalue weighted by molar-refractivity contribution is 5.91. The second kappa shape index (κ2) is 7.76. The molecule has 0 saturated heterocycles. The Balaban J connectivity index is 1.25. The molecule has 1 aliphatic heterocycles. The summed E-state index contributed by atoms with van der Waals surface area (Å²) in [6, 6.07) is 8.00. The van der Waals surface area contributed by atoms with Crippen molar-refractivity contribution in [2.75, 3.05) is 13.2 Å². The lowest BCUT2D eigenvalue weighted by Gasteiger charge is -2.26. The Hall–Kier alpha value is -2.57. The van der Waals surface area contributed by atoms with Crippen LogP contribution in [0.5, 0.6) is 11.5 Å². The summed E-state index contributed by atoms with van der Waals surface area (Å²) in [6.07, 6.45) is 8.34. The van der Waals surface area contributed by atoms with Crippen LogP contribution in [0.4, 0.5) is 0 Å². The highest BCUT2D eigenvalue weighted by Gasteiger charge is 2.22. The molecule has 0 spiro atoms. The second-order valence-electron chi connectivity index (χ2n) is 6.92. The van der Waals surface area contributed by atoms with E-state index >= 15 is 0 Å². The predicted octanol–water partition coefficient (Wildman–Crippen LogP) is 2.74. The molecule has 2 aromatic rings. The zero-order chi connectivity index (χ0) is 17.8. The predicted molar refractivity (Wildman–Crippen MR) is 95.4 cm³/mol. The van der Waals surface area contributed by atoms with E-state index in [0.717, 1.165) is 24.3 Å². The van der Waals surface area contributed by atoms with Gasteiger partial charge < -0.3 is 14.8 Å². The van der Waals surface area contributed by atoms with Gasteiger partial charge in [0.25, 0.3) is 5.91 Å². The SMILES string of the molecule is O=C(NCCC1COc2ccccc2O1)c1cn(C2CCCCC2)nn1. The van der Waals surface area contributed by atoms with E-state index in [1.807, 2.05) is 28.9 Å². The van der Waals surface area contributed by atoms with Gasteiger partial charge in [-0.1, -0.05) is 36.6 Å². The first-order valence-corrected chi connectivity index (χ1v) is 9.38. The number of nitrogens with zero attached hydrogens (tertiary/aromatic N) is 3. The standard InChI is InChI=1S/C19H24N4O3/c24-19(16-12-23(22-21-16)14-6-2-1-3-7-14)20-11-10-15-13-25-17-8-4-5-9-18(17)26-15/h4-5,8-9,12,14-15H,1-3,6-7,10-11,13H2,(H,20,24). The van der Waals surface area contributed by atoms with Crippen molar-refractivity contribution in [3.63, 3.8) is 0 Å². The Bertz CT molecular complexity index is 755. The zero-order valence-electron chi connectivity index (χ0n) is 14.8. The fourth-order valence-corrected chi connectivity index (χ4v) is 3.55. The molecule has 2 heterocycles. The number of fused-ring (bicyclic) bond motifs is 1. The molecule has 2 aliphatic rings. The Morgan fingerprint density at radius 2 is 2.00 bits per heavy atom. The van der Waals surface area contributed by atoms with Crippen molar-refractivity contribution in [1.82, 2.24) is 20.3 Å². The van der Waals surface area contributed by atoms with Crippen LogP contribution in [-0.4, -0.2) is 40.2 Å². The smallest absolute Gasteiger partial charge is 0.273 e. The molecule has 1 unspecified atom stereocenters. The molecule has 0 radical (unpaired) electrons. The van der Waals surface area contributed by atoms with E-state index in [9.17, 15) is 4.79 Å². The van der Waals surface area contributed by atoms with E-state index in [1.165, 1.54) is 19.3 Å². The maximum atomic E-state index is 12.3. The highest BCUT2D eigenvalue weighted by atomic mass is 16.6. The molecule has 7 heteroatoms. The first-order chi connectivity index (χ1) is 12.8. The lowest BCUT2D eigenvalue weighted by Crippen LogP contribution is -2.34. The number of nitrogens with one attached hydrogen (secondary N) is 1. The van der Waals surface area contributed by atoms with Crippen LogP contribution < -0.4 is 14.8 Å². The monoisotopic (exact) mass is 356 g/mol. The Labute approximate surface area is 152 Å². The fraction of sp³-hybridized carbons (Fsp3) is 0.526. The molecule has 1 atom stereocenters.